The minimum absolute atomic E-state index is 0.917. The summed E-state index contributed by atoms with van der Waals surface area (Å²) < 4.78 is 0. The van der Waals surface area contributed by atoms with Gasteiger partial charge >= 0.3 is 0 Å². The van der Waals surface area contributed by atoms with Crippen LogP contribution in [0.2, 0.25) is 0 Å². The smallest absolute Gasteiger partial charge is 0.202 e. The van der Waals surface area contributed by atoms with E-state index in [0.717, 1.165) is 19.0 Å². The molecule has 0 aliphatic rings. The zero-order valence-electron chi connectivity index (χ0n) is 6.96. The predicted molar refractivity (Wildman–Crippen MR) is 45.8 cm³/mol. The Morgan fingerprint density at radius 3 is 3.09 bits per heavy atom. The first-order chi connectivity index (χ1) is 5.34. The van der Waals surface area contributed by atoms with Gasteiger partial charge in [0.2, 0.25) is 5.95 Å². The molecule has 0 aliphatic heterocycles. The van der Waals surface area contributed by atoms with Gasteiger partial charge in [0.15, 0.2) is 0 Å². The maximum Gasteiger partial charge on any atom is 0.202 e. The van der Waals surface area contributed by atoms with Crippen LogP contribution in [-0.2, 0) is 0 Å². The van der Waals surface area contributed by atoms with Crippen LogP contribution in [0.15, 0.2) is 12.4 Å². The summed E-state index contributed by atoms with van der Waals surface area (Å²) >= 11 is 0. The topological polar surface area (TPSA) is 44.0 Å². The fraction of sp³-hybridized carbons (Fsp3) is 0.571. The van der Waals surface area contributed by atoms with Gasteiger partial charge in [-0.3, -0.25) is 0 Å². The summed E-state index contributed by atoms with van der Waals surface area (Å²) in [7, 11) is 3.95. The summed E-state index contributed by atoms with van der Waals surface area (Å²) in [6.07, 6.45) is 3.58. The van der Waals surface area contributed by atoms with E-state index in [1.54, 1.807) is 6.20 Å². The van der Waals surface area contributed by atoms with E-state index >= 15 is 0 Å². The average molecular weight is 154 g/mol. The summed E-state index contributed by atoms with van der Waals surface area (Å²) in [6.45, 7) is 1.93. The maximum atomic E-state index is 4.11. The van der Waals surface area contributed by atoms with Crippen molar-refractivity contribution >= 4 is 5.95 Å². The molecule has 4 heteroatoms. The number of nitrogens with one attached hydrogen (secondary N) is 2. The number of hydrogen-bond donors (Lipinski definition) is 2. The summed E-state index contributed by atoms with van der Waals surface area (Å²) in [6, 6.07) is 0. The van der Waals surface area contributed by atoms with Gasteiger partial charge in [-0.25, -0.2) is 4.98 Å². The van der Waals surface area contributed by atoms with Crippen LogP contribution < -0.4 is 10.2 Å². The fourth-order valence-corrected chi connectivity index (χ4v) is 0.851. The first-order valence-corrected chi connectivity index (χ1v) is 3.69. The first kappa shape index (κ1) is 8.07. The van der Waals surface area contributed by atoms with Crippen molar-refractivity contribution < 1.29 is 0 Å². The van der Waals surface area contributed by atoms with Gasteiger partial charge in [-0.1, -0.05) is 0 Å². The van der Waals surface area contributed by atoms with Crippen molar-refractivity contribution in [3.8, 4) is 0 Å². The van der Waals surface area contributed by atoms with Gasteiger partial charge in [0, 0.05) is 32.5 Å². The summed E-state index contributed by atoms with van der Waals surface area (Å²) in [4.78, 5) is 9.21. The lowest BCUT2D eigenvalue weighted by Gasteiger charge is -2.14. The Hall–Kier alpha value is -1.03. The Labute approximate surface area is 66.6 Å². The number of nitrogens with zero attached hydrogens (tertiary/aromatic N) is 2. The van der Waals surface area contributed by atoms with E-state index in [1.165, 1.54) is 0 Å². The van der Waals surface area contributed by atoms with Gasteiger partial charge in [0.1, 0.15) is 0 Å². The van der Waals surface area contributed by atoms with Gasteiger partial charge in [0.05, 0.1) is 0 Å². The third-order valence-corrected chi connectivity index (χ3v) is 1.54. The molecule has 0 fully saturated rings. The molecule has 4 nitrogen and oxygen atoms in total. The molecule has 0 amide bonds. The van der Waals surface area contributed by atoms with Gasteiger partial charge in [-0.2, -0.15) is 0 Å². The molecule has 0 saturated heterocycles. The summed E-state index contributed by atoms with van der Waals surface area (Å²) in [5.41, 5.74) is 0. The molecule has 0 aliphatic carbocycles. The molecule has 0 atom stereocenters. The Balaban J connectivity index is 2.36. The zero-order valence-corrected chi connectivity index (χ0v) is 6.96. The molecule has 62 valence electrons. The highest BCUT2D eigenvalue weighted by Crippen LogP contribution is 2.00. The van der Waals surface area contributed by atoms with Crippen LogP contribution in [0.4, 0.5) is 5.95 Å². The first-order valence-electron chi connectivity index (χ1n) is 3.69. The molecule has 0 radical (unpaired) electrons. The Kier molecular flexibility index (Phi) is 2.92. The number of hydrogen-bond acceptors (Lipinski definition) is 3. The Morgan fingerprint density at radius 1 is 1.73 bits per heavy atom. The van der Waals surface area contributed by atoms with Crippen LogP contribution in [0.1, 0.15) is 0 Å². The molecule has 1 heterocycles. The molecule has 2 N–H and O–H groups in total. The van der Waals surface area contributed by atoms with Crippen LogP contribution in [0.3, 0.4) is 0 Å². The van der Waals surface area contributed by atoms with Crippen molar-refractivity contribution in [2.24, 2.45) is 0 Å². The number of likely N-dealkylation sites (N-methyl/N-ethyl adjacent to an activating group) is 2. The summed E-state index contributed by atoms with van der Waals surface area (Å²) in [5.74, 6) is 0.917. The number of rotatable bonds is 4. The lowest BCUT2D eigenvalue weighted by atomic mass is 10.6. The Morgan fingerprint density at radius 2 is 2.55 bits per heavy atom. The number of anilines is 1. The third kappa shape index (κ3) is 2.23. The quantitative estimate of drug-likeness (QED) is 0.645. The fourth-order valence-electron chi connectivity index (χ4n) is 0.851. The molecule has 1 aromatic heterocycles. The molecule has 0 spiro atoms. The lowest BCUT2D eigenvalue weighted by Crippen LogP contribution is -2.27. The van der Waals surface area contributed by atoms with Crippen molar-refractivity contribution in [2.45, 2.75) is 0 Å². The molecule has 1 aromatic rings. The minimum atomic E-state index is 0.917. The highest BCUT2D eigenvalue weighted by atomic mass is 15.2. The standard InChI is InChI=1S/C7H14N4/c1-8-5-6-11(2)7-9-3-4-10-7/h3-4,8H,5-6H2,1-2H3,(H,9,10). The molecule has 0 saturated carbocycles. The van der Waals surface area contributed by atoms with Crippen LogP contribution in [0.25, 0.3) is 0 Å². The largest absolute Gasteiger partial charge is 0.344 e. The normalized spacial score (nSPS) is 10.0. The van der Waals surface area contributed by atoms with Gasteiger partial charge < -0.3 is 15.2 Å². The van der Waals surface area contributed by atoms with Crippen molar-refractivity contribution in [1.82, 2.24) is 15.3 Å². The maximum absolute atomic E-state index is 4.11. The number of H-pyrrole nitrogens is 1. The third-order valence-electron chi connectivity index (χ3n) is 1.54. The van der Waals surface area contributed by atoms with E-state index in [0.29, 0.717) is 0 Å². The molecule has 0 bridgehead atoms. The molecule has 11 heavy (non-hydrogen) atoms. The second kappa shape index (κ2) is 3.98. The van der Waals surface area contributed by atoms with E-state index in [9.17, 15) is 0 Å². The van der Waals surface area contributed by atoms with Crippen molar-refractivity contribution in [1.29, 1.82) is 0 Å². The van der Waals surface area contributed by atoms with Crippen molar-refractivity contribution in [2.75, 3.05) is 32.1 Å². The number of imidazole rings is 1. The second-order valence-electron chi connectivity index (χ2n) is 2.44. The number of aromatic amines is 1. The van der Waals surface area contributed by atoms with Crippen LogP contribution in [0.5, 0.6) is 0 Å². The van der Waals surface area contributed by atoms with E-state index in [2.05, 4.69) is 20.2 Å². The van der Waals surface area contributed by atoms with E-state index in [4.69, 9.17) is 0 Å². The second-order valence-corrected chi connectivity index (χ2v) is 2.44. The predicted octanol–water partition coefficient (Wildman–Crippen LogP) is 0.0653. The highest BCUT2D eigenvalue weighted by Gasteiger charge is 1.99. The Bertz CT molecular complexity index is 182. The van der Waals surface area contributed by atoms with Crippen LogP contribution >= 0.6 is 0 Å². The van der Waals surface area contributed by atoms with E-state index in [-0.39, 0.29) is 0 Å². The molecular formula is C7H14N4. The molecular weight excluding hydrogens is 140 g/mol. The van der Waals surface area contributed by atoms with E-state index < -0.39 is 0 Å². The zero-order chi connectivity index (χ0) is 8.10. The van der Waals surface area contributed by atoms with Crippen LogP contribution in [0, 0.1) is 0 Å². The van der Waals surface area contributed by atoms with Crippen molar-refractivity contribution in [3.63, 3.8) is 0 Å². The molecule has 0 aromatic carbocycles. The lowest BCUT2D eigenvalue weighted by molar-refractivity contribution is 0.756. The number of aromatic nitrogens is 2. The summed E-state index contributed by atoms with van der Waals surface area (Å²) in [5, 5.41) is 3.08. The molecule has 0 unspecified atom stereocenters. The van der Waals surface area contributed by atoms with Gasteiger partial charge in [-0.15, -0.1) is 0 Å². The highest BCUT2D eigenvalue weighted by molar-refractivity contribution is 5.26. The SMILES string of the molecule is CNCCN(C)c1ncc[nH]1. The van der Waals surface area contributed by atoms with Crippen LogP contribution in [-0.4, -0.2) is 37.2 Å². The van der Waals surface area contributed by atoms with E-state index in [1.807, 2.05) is 20.3 Å². The minimum Gasteiger partial charge on any atom is -0.344 e. The van der Waals surface area contributed by atoms with Gasteiger partial charge in [0.25, 0.3) is 0 Å². The van der Waals surface area contributed by atoms with Crippen molar-refractivity contribution in [3.05, 3.63) is 12.4 Å². The molecule has 1 rings (SSSR count). The van der Waals surface area contributed by atoms with Gasteiger partial charge in [-0.05, 0) is 7.05 Å². The monoisotopic (exact) mass is 154 g/mol. The average Bonchev–Trinajstić information content (AvgIpc) is 2.52.